The van der Waals surface area contributed by atoms with Gasteiger partial charge < -0.3 is 4.57 Å². The Kier molecular flexibility index (Phi) is 3.55. The van der Waals surface area contributed by atoms with E-state index in [0.717, 1.165) is 39.7 Å². The number of aryl methyl sites for hydroxylation is 1. The lowest BCUT2D eigenvalue weighted by molar-refractivity contribution is 1.02. The molecule has 0 saturated heterocycles. The standard InChI is InChI=1S/C20H17ClN2/c1-2-14-6-3-7-15(12-14)20-19-10-5-11-23(19)18-9-4-8-17(21)16(18)13-22-20/h3-12H,2,13H2,1H3. The van der Waals surface area contributed by atoms with Gasteiger partial charge in [0.15, 0.2) is 0 Å². The number of aromatic nitrogens is 1. The highest BCUT2D eigenvalue weighted by molar-refractivity contribution is 6.31. The molecule has 114 valence electrons. The van der Waals surface area contributed by atoms with Crippen molar-refractivity contribution < 1.29 is 0 Å². The molecule has 2 aromatic carbocycles. The van der Waals surface area contributed by atoms with Crippen molar-refractivity contribution >= 4 is 17.3 Å². The first-order valence-electron chi connectivity index (χ1n) is 7.87. The van der Waals surface area contributed by atoms with Crippen LogP contribution in [0.15, 0.2) is 65.8 Å². The van der Waals surface area contributed by atoms with Crippen LogP contribution in [0.2, 0.25) is 5.02 Å². The molecule has 0 fully saturated rings. The number of fused-ring (bicyclic) bond motifs is 3. The van der Waals surface area contributed by atoms with E-state index in [1.807, 2.05) is 12.1 Å². The number of nitrogens with zero attached hydrogens (tertiary/aromatic N) is 2. The second-order valence-electron chi connectivity index (χ2n) is 5.72. The molecule has 2 heterocycles. The number of halogens is 1. The predicted octanol–water partition coefficient (Wildman–Crippen LogP) is 5.04. The van der Waals surface area contributed by atoms with E-state index in [0.29, 0.717) is 6.54 Å². The summed E-state index contributed by atoms with van der Waals surface area (Å²) in [6.07, 6.45) is 3.10. The molecule has 0 spiro atoms. The van der Waals surface area contributed by atoms with Gasteiger partial charge in [-0.05, 0) is 42.3 Å². The molecule has 4 rings (SSSR count). The van der Waals surface area contributed by atoms with Crippen LogP contribution < -0.4 is 0 Å². The number of rotatable bonds is 2. The first-order chi connectivity index (χ1) is 11.3. The third kappa shape index (κ3) is 2.40. The Labute approximate surface area is 141 Å². The van der Waals surface area contributed by atoms with Crippen molar-refractivity contribution in [2.24, 2.45) is 4.99 Å². The van der Waals surface area contributed by atoms with E-state index >= 15 is 0 Å². The van der Waals surface area contributed by atoms with E-state index in [9.17, 15) is 0 Å². The third-order valence-corrected chi connectivity index (χ3v) is 4.70. The van der Waals surface area contributed by atoms with Crippen molar-refractivity contribution in [1.29, 1.82) is 0 Å². The fraction of sp³-hybridized carbons (Fsp3) is 0.150. The molecule has 3 heteroatoms. The number of hydrogen-bond acceptors (Lipinski definition) is 1. The van der Waals surface area contributed by atoms with Gasteiger partial charge in [-0.1, -0.05) is 42.8 Å². The maximum atomic E-state index is 6.41. The second kappa shape index (κ2) is 5.71. The van der Waals surface area contributed by atoms with Crippen LogP contribution >= 0.6 is 11.6 Å². The third-order valence-electron chi connectivity index (χ3n) is 4.35. The topological polar surface area (TPSA) is 17.3 Å². The zero-order chi connectivity index (χ0) is 15.8. The minimum atomic E-state index is 0.600. The van der Waals surface area contributed by atoms with Gasteiger partial charge in [-0.15, -0.1) is 0 Å². The van der Waals surface area contributed by atoms with E-state index in [2.05, 4.69) is 60.2 Å². The smallest absolute Gasteiger partial charge is 0.0891 e. The van der Waals surface area contributed by atoms with E-state index < -0.39 is 0 Å². The molecule has 0 radical (unpaired) electrons. The Hall–Kier alpha value is -2.32. The zero-order valence-corrected chi connectivity index (χ0v) is 13.7. The SMILES string of the molecule is CCc1cccc(C2=NCc3c(Cl)cccc3-n3cccc32)c1. The minimum absolute atomic E-state index is 0.600. The highest BCUT2D eigenvalue weighted by atomic mass is 35.5. The molecule has 23 heavy (non-hydrogen) atoms. The molecule has 0 bridgehead atoms. The van der Waals surface area contributed by atoms with Crippen LogP contribution in [0.1, 0.15) is 29.3 Å². The van der Waals surface area contributed by atoms with Gasteiger partial charge in [0.1, 0.15) is 0 Å². The summed E-state index contributed by atoms with van der Waals surface area (Å²) < 4.78 is 2.19. The number of aliphatic imine (C=N–C) groups is 1. The van der Waals surface area contributed by atoms with Gasteiger partial charge in [-0.3, -0.25) is 4.99 Å². The normalized spacial score (nSPS) is 13.0. The molecule has 0 unspecified atom stereocenters. The van der Waals surface area contributed by atoms with Crippen LogP contribution in [0.25, 0.3) is 5.69 Å². The van der Waals surface area contributed by atoms with Gasteiger partial charge in [-0.25, -0.2) is 0 Å². The summed E-state index contributed by atoms with van der Waals surface area (Å²) in [4.78, 5) is 4.90. The molecule has 0 amide bonds. The summed E-state index contributed by atoms with van der Waals surface area (Å²) in [5, 5.41) is 0.773. The van der Waals surface area contributed by atoms with E-state index in [4.69, 9.17) is 16.6 Å². The molecule has 0 aliphatic carbocycles. The maximum absolute atomic E-state index is 6.41. The zero-order valence-electron chi connectivity index (χ0n) is 13.0. The highest BCUT2D eigenvalue weighted by Gasteiger charge is 2.19. The summed E-state index contributed by atoms with van der Waals surface area (Å²) >= 11 is 6.41. The van der Waals surface area contributed by atoms with Crippen LogP contribution in [0.5, 0.6) is 0 Å². The molecule has 0 saturated carbocycles. The predicted molar refractivity (Wildman–Crippen MR) is 95.9 cm³/mol. The summed E-state index contributed by atoms with van der Waals surface area (Å²) in [5.74, 6) is 0. The Morgan fingerprint density at radius 3 is 2.83 bits per heavy atom. The highest BCUT2D eigenvalue weighted by Crippen LogP contribution is 2.29. The van der Waals surface area contributed by atoms with Gasteiger partial charge in [0.25, 0.3) is 0 Å². The summed E-state index contributed by atoms with van der Waals surface area (Å²) in [5.41, 5.74) is 6.81. The van der Waals surface area contributed by atoms with E-state index in [1.54, 1.807) is 0 Å². The molecule has 0 N–H and O–H groups in total. The lowest BCUT2D eigenvalue weighted by atomic mass is 10.0. The van der Waals surface area contributed by atoms with Crippen LogP contribution in [-0.2, 0) is 13.0 Å². The van der Waals surface area contributed by atoms with Crippen molar-refractivity contribution in [3.05, 3.63) is 88.2 Å². The van der Waals surface area contributed by atoms with Gasteiger partial charge in [-0.2, -0.15) is 0 Å². The average molecular weight is 321 g/mol. The average Bonchev–Trinajstić information content (AvgIpc) is 3.00. The lowest BCUT2D eigenvalue weighted by Crippen LogP contribution is -2.08. The molecule has 2 nitrogen and oxygen atoms in total. The Morgan fingerprint density at radius 2 is 1.96 bits per heavy atom. The molecule has 1 aliphatic heterocycles. The maximum Gasteiger partial charge on any atom is 0.0891 e. The lowest BCUT2D eigenvalue weighted by Gasteiger charge is -2.12. The van der Waals surface area contributed by atoms with Gasteiger partial charge in [0.2, 0.25) is 0 Å². The van der Waals surface area contributed by atoms with Gasteiger partial charge in [0.05, 0.1) is 23.6 Å². The molecular weight excluding hydrogens is 304 g/mol. The van der Waals surface area contributed by atoms with Crippen LogP contribution in [0.3, 0.4) is 0 Å². The van der Waals surface area contributed by atoms with Crippen molar-refractivity contribution in [2.75, 3.05) is 0 Å². The molecular formula is C20H17ClN2. The fourth-order valence-electron chi connectivity index (χ4n) is 3.13. The van der Waals surface area contributed by atoms with E-state index in [1.165, 1.54) is 5.56 Å². The minimum Gasteiger partial charge on any atom is -0.315 e. The molecule has 1 aliphatic rings. The molecule has 0 atom stereocenters. The van der Waals surface area contributed by atoms with Gasteiger partial charge >= 0.3 is 0 Å². The first-order valence-corrected chi connectivity index (χ1v) is 8.25. The van der Waals surface area contributed by atoms with Crippen LogP contribution in [-0.4, -0.2) is 10.3 Å². The van der Waals surface area contributed by atoms with E-state index in [-0.39, 0.29) is 0 Å². The summed E-state index contributed by atoms with van der Waals surface area (Å²) in [6, 6.07) is 18.8. The van der Waals surface area contributed by atoms with Crippen molar-refractivity contribution in [1.82, 2.24) is 4.57 Å². The van der Waals surface area contributed by atoms with Crippen molar-refractivity contribution in [3.8, 4) is 5.69 Å². The second-order valence-corrected chi connectivity index (χ2v) is 6.13. The number of hydrogen-bond donors (Lipinski definition) is 0. The largest absolute Gasteiger partial charge is 0.315 e. The quantitative estimate of drug-likeness (QED) is 0.629. The van der Waals surface area contributed by atoms with Crippen molar-refractivity contribution in [3.63, 3.8) is 0 Å². The Bertz CT molecular complexity index is 906. The Balaban J connectivity index is 1.92. The summed E-state index contributed by atoms with van der Waals surface area (Å²) in [7, 11) is 0. The van der Waals surface area contributed by atoms with Crippen LogP contribution in [0, 0.1) is 0 Å². The molecule has 1 aromatic heterocycles. The van der Waals surface area contributed by atoms with Gasteiger partial charge in [0, 0.05) is 22.3 Å². The van der Waals surface area contributed by atoms with Crippen LogP contribution in [0.4, 0.5) is 0 Å². The first kappa shape index (κ1) is 14.3. The van der Waals surface area contributed by atoms with Crippen molar-refractivity contribution in [2.45, 2.75) is 19.9 Å². The fourth-order valence-corrected chi connectivity index (χ4v) is 3.36. The summed E-state index contributed by atoms with van der Waals surface area (Å²) in [6.45, 7) is 2.77. The molecule has 3 aromatic rings. The Morgan fingerprint density at radius 1 is 1.09 bits per heavy atom. The monoisotopic (exact) mass is 320 g/mol. The number of benzene rings is 2.